The van der Waals surface area contributed by atoms with Gasteiger partial charge in [-0.3, -0.25) is 4.98 Å². The third-order valence-corrected chi connectivity index (χ3v) is 10.1. The molecular weight excluding hydrogens is 657 g/mol. The number of halogens is 2. The van der Waals surface area contributed by atoms with Crippen LogP contribution in [0.25, 0.3) is 22.5 Å². The van der Waals surface area contributed by atoms with Gasteiger partial charge in [-0.1, -0.05) is 124 Å². The van der Waals surface area contributed by atoms with Crippen LogP contribution < -0.4 is 5.32 Å². The highest BCUT2D eigenvalue weighted by Crippen LogP contribution is 2.41. The molecular formula is C42H41F2N7O. The zero-order chi connectivity index (χ0) is 36.3. The second-order valence-corrected chi connectivity index (χ2v) is 14.3. The summed E-state index contributed by atoms with van der Waals surface area (Å²) in [6, 6.07) is 38.3. The summed E-state index contributed by atoms with van der Waals surface area (Å²) in [6.07, 6.45) is 0.622. The summed E-state index contributed by atoms with van der Waals surface area (Å²) in [4.78, 5) is 21.0. The van der Waals surface area contributed by atoms with Crippen LogP contribution in [0.15, 0.2) is 128 Å². The number of piperidine rings is 1. The van der Waals surface area contributed by atoms with Crippen molar-refractivity contribution in [3.8, 4) is 22.5 Å². The predicted molar refractivity (Wildman–Crippen MR) is 199 cm³/mol. The van der Waals surface area contributed by atoms with E-state index in [2.05, 4.69) is 36.2 Å². The molecule has 0 unspecified atom stereocenters. The van der Waals surface area contributed by atoms with Crippen molar-refractivity contribution >= 4 is 11.7 Å². The van der Waals surface area contributed by atoms with Gasteiger partial charge in [0.25, 0.3) is 6.43 Å². The van der Waals surface area contributed by atoms with Gasteiger partial charge < -0.3 is 10.2 Å². The van der Waals surface area contributed by atoms with Gasteiger partial charge in [-0.05, 0) is 69.8 Å². The Bertz CT molecular complexity index is 2010. The van der Waals surface area contributed by atoms with Crippen LogP contribution in [0.5, 0.6) is 0 Å². The van der Waals surface area contributed by atoms with E-state index in [1.807, 2.05) is 108 Å². The predicted octanol–water partition coefficient (Wildman–Crippen LogP) is 9.47. The maximum absolute atomic E-state index is 13.5. The van der Waals surface area contributed by atoms with Crippen molar-refractivity contribution < 1.29 is 13.6 Å². The Morgan fingerprint density at radius 1 is 0.769 bits per heavy atom. The molecule has 1 aliphatic rings. The Hall–Kier alpha value is -5.77. The van der Waals surface area contributed by atoms with Crippen molar-refractivity contribution in [2.24, 2.45) is 11.3 Å². The SMILES string of the molecule is CC(C)(C)C1CCN(C(=O)Nc2ccc(-c3ccc(C(F)F)nc3)c(-c3nnn(C(c4ccccc4)(c4ccccc4)c4ccccc4)n3)c2)CC1. The number of pyridine rings is 1. The maximum atomic E-state index is 13.5. The first-order chi connectivity index (χ1) is 25.1. The van der Waals surface area contributed by atoms with E-state index in [9.17, 15) is 13.6 Å². The summed E-state index contributed by atoms with van der Waals surface area (Å²) in [5.41, 5.74) is 4.03. The average Bonchev–Trinajstić information content (AvgIpc) is 3.67. The Balaban J connectivity index is 1.33. The summed E-state index contributed by atoms with van der Waals surface area (Å²) < 4.78 is 26.9. The van der Waals surface area contributed by atoms with E-state index >= 15 is 0 Å². The van der Waals surface area contributed by atoms with Crippen LogP contribution in [-0.2, 0) is 5.54 Å². The van der Waals surface area contributed by atoms with E-state index in [-0.39, 0.29) is 17.1 Å². The molecule has 1 aliphatic heterocycles. The monoisotopic (exact) mass is 697 g/mol. The van der Waals surface area contributed by atoms with Gasteiger partial charge in [0.1, 0.15) is 5.69 Å². The fourth-order valence-corrected chi connectivity index (χ4v) is 7.25. The Kier molecular flexibility index (Phi) is 9.64. The van der Waals surface area contributed by atoms with Gasteiger partial charge in [-0.15, -0.1) is 15.0 Å². The van der Waals surface area contributed by atoms with E-state index in [0.29, 0.717) is 47.2 Å². The number of alkyl halides is 2. The molecule has 0 spiro atoms. The number of carbonyl (C=O) groups excluding carboxylic acids is 1. The molecule has 0 bridgehead atoms. The first-order valence-electron chi connectivity index (χ1n) is 17.6. The van der Waals surface area contributed by atoms with Crippen molar-refractivity contribution in [2.45, 2.75) is 45.6 Å². The standard InChI is InChI=1S/C42H41F2N7O/c1-41(2,3)30-23-25-50(26-24-30)40(52)46-34-20-21-35(29-19-22-37(38(43)44)45-28-29)36(27-34)39-47-49-51(48-39)42(31-13-7-4-8-14-31,32-15-9-5-10-16-32)33-17-11-6-12-18-33/h4-22,27-28,30,38H,23-26H2,1-3H3,(H,46,52). The van der Waals surface area contributed by atoms with Gasteiger partial charge in [-0.25, -0.2) is 13.6 Å². The van der Waals surface area contributed by atoms with Gasteiger partial charge in [0.05, 0.1) is 0 Å². The summed E-state index contributed by atoms with van der Waals surface area (Å²) >= 11 is 0. The number of amides is 2. The largest absolute Gasteiger partial charge is 0.325 e. The summed E-state index contributed by atoms with van der Waals surface area (Å²) in [6.45, 7) is 8.11. The van der Waals surface area contributed by atoms with Crippen LogP contribution in [-0.4, -0.2) is 49.2 Å². The molecule has 2 amide bonds. The molecule has 0 aliphatic carbocycles. The number of likely N-dealkylation sites (tertiary alicyclic amines) is 1. The second kappa shape index (κ2) is 14.5. The van der Waals surface area contributed by atoms with Crippen molar-refractivity contribution in [2.75, 3.05) is 18.4 Å². The molecule has 7 rings (SSSR count). The molecule has 1 N–H and O–H groups in total. The molecule has 3 heterocycles. The topological polar surface area (TPSA) is 88.8 Å². The van der Waals surface area contributed by atoms with Gasteiger partial charge in [0.15, 0.2) is 5.54 Å². The molecule has 0 radical (unpaired) electrons. The highest BCUT2D eigenvalue weighted by molar-refractivity contribution is 5.92. The highest BCUT2D eigenvalue weighted by atomic mass is 19.3. The van der Waals surface area contributed by atoms with Crippen molar-refractivity contribution in [1.29, 1.82) is 0 Å². The zero-order valence-electron chi connectivity index (χ0n) is 29.5. The maximum Gasteiger partial charge on any atom is 0.321 e. The minimum atomic E-state index is -2.69. The summed E-state index contributed by atoms with van der Waals surface area (Å²) in [7, 11) is 0. The molecule has 4 aromatic carbocycles. The van der Waals surface area contributed by atoms with Crippen LogP contribution in [0.1, 0.15) is 62.4 Å². The minimum Gasteiger partial charge on any atom is -0.325 e. The zero-order valence-corrected chi connectivity index (χ0v) is 29.5. The number of urea groups is 1. The van der Waals surface area contributed by atoms with Crippen LogP contribution in [0.2, 0.25) is 0 Å². The number of aromatic nitrogens is 5. The van der Waals surface area contributed by atoms with Crippen molar-refractivity contribution in [3.05, 3.63) is 150 Å². The number of hydrogen-bond acceptors (Lipinski definition) is 5. The average molecular weight is 698 g/mol. The number of carbonyl (C=O) groups is 1. The van der Waals surface area contributed by atoms with E-state index in [1.54, 1.807) is 16.9 Å². The van der Waals surface area contributed by atoms with Crippen LogP contribution in [0, 0.1) is 11.3 Å². The Morgan fingerprint density at radius 3 is 1.85 bits per heavy atom. The molecule has 0 saturated carbocycles. The normalized spacial score (nSPS) is 14.1. The van der Waals surface area contributed by atoms with E-state index in [0.717, 1.165) is 29.5 Å². The van der Waals surface area contributed by atoms with Gasteiger partial charge in [0, 0.05) is 36.1 Å². The van der Waals surface area contributed by atoms with Crippen LogP contribution >= 0.6 is 0 Å². The lowest BCUT2D eigenvalue weighted by Gasteiger charge is -2.38. The number of hydrogen-bond donors (Lipinski definition) is 1. The molecule has 0 atom stereocenters. The van der Waals surface area contributed by atoms with E-state index in [4.69, 9.17) is 10.3 Å². The molecule has 264 valence electrons. The summed E-state index contributed by atoms with van der Waals surface area (Å²) in [5, 5.41) is 17.5. The smallest absolute Gasteiger partial charge is 0.321 e. The van der Waals surface area contributed by atoms with E-state index < -0.39 is 12.0 Å². The van der Waals surface area contributed by atoms with Gasteiger partial charge in [-0.2, -0.15) is 0 Å². The Morgan fingerprint density at radius 2 is 1.35 bits per heavy atom. The van der Waals surface area contributed by atoms with Crippen LogP contribution in [0.4, 0.5) is 19.3 Å². The number of nitrogens with zero attached hydrogens (tertiary/aromatic N) is 6. The van der Waals surface area contributed by atoms with Crippen molar-refractivity contribution in [3.63, 3.8) is 0 Å². The lowest BCUT2D eigenvalue weighted by molar-refractivity contribution is 0.128. The number of nitrogens with one attached hydrogen (secondary N) is 1. The Labute approximate surface area is 302 Å². The molecule has 2 aromatic heterocycles. The van der Waals surface area contributed by atoms with Crippen molar-refractivity contribution in [1.82, 2.24) is 30.1 Å². The quantitative estimate of drug-likeness (QED) is 0.160. The fourth-order valence-electron chi connectivity index (χ4n) is 7.25. The first kappa shape index (κ1) is 34.7. The lowest BCUT2D eigenvalue weighted by Crippen LogP contribution is -2.43. The molecule has 1 saturated heterocycles. The third-order valence-electron chi connectivity index (χ3n) is 10.1. The number of rotatable bonds is 8. The summed E-state index contributed by atoms with van der Waals surface area (Å²) in [5.74, 6) is 0.846. The second-order valence-electron chi connectivity index (χ2n) is 14.3. The minimum absolute atomic E-state index is 0.179. The molecule has 52 heavy (non-hydrogen) atoms. The first-order valence-corrected chi connectivity index (χ1v) is 17.6. The lowest BCUT2D eigenvalue weighted by atomic mass is 9.75. The van der Waals surface area contributed by atoms with Gasteiger partial charge >= 0.3 is 6.03 Å². The molecule has 6 aromatic rings. The fraction of sp³-hybridized carbons (Fsp3) is 0.262. The third kappa shape index (κ3) is 6.80. The molecule has 8 nitrogen and oxygen atoms in total. The molecule has 10 heteroatoms. The molecule has 1 fully saturated rings. The number of benzene rings is 4. The number of tetrazole rings is 1. The van der Waals surface area contributed by atoms with Gasteiger partial charge in [0.2, 0.25) is 5.82 Å². The number of anilines is 1. The van der Waals surface area contributed by atoms with E-state index in [1.165, 1.54) is 12.3 Å². The van der Waals surface area contributed by atoms with Crippen LogP contribution in [0.3, 0.4) is 0 Å². The highest BCUT2D eigenvalue weighted by Gasteiger charge is 2.41.